The number of esters is 1. The SMILES string of the molecule is COC(=O)c1ccccc1C1CC(N)C1.Cl. The lowest BCUT2D eigenvalue weighted by molar-refractivity contribution is 0.0598. The van der Waals surface area contributed by atoms with Gasteiger partial charge in [0.15, 0.2) is 0 Å². The molecule has 3 nitrogen and oxygen atoms in total. The van der Waals surface area contributed by atoms with Crippen molar-refractivity contribution in [2.75, 3.05) is 7.11 Å². The lowest BCUT2D eigenvalue weighted by atomic mass is 9.75. The first-order valence-electron chi connectivity index (χ1n) is 5.15. The van der Waals surface area contributed by atoms with Gasteiger partial charge in [-0.15, -0.1) is 12.4 Å². The number of carbonyl (C=O) groups excluding carboxylic acids is 1. The quantitative estimate of drug-likeness (QED) is 0.807. The summed E-state index contributed by atoms with van der Waals surface area (Å²) in [5.74, 6) is 0.168. The Morgan fingerprint density at radius 2 is 2.00 bits per heavy atom. The zero-order valence-electron chi connectivity index (χ0n) is 9.18. The first-order valence-corrected chi connectivity index (χ1v) is 5.15. The van der Waals surface area contributed by atoms with Crippen LogP contribution in [0.5, 0.6) is 0 Å². The first kappa shape index (κ1) is 13.0. The minimum Gasteiger partial charge on any atom is -0.465 e. The molecule has 0 radical (unpaired) electrons. The summed E-state index contributed by atoms with van der Waals surface area (Å²) in [5.41, 5.74) is 7.50. The molecule has 0 saturated heterocycles. The summed E-state index contributed by atoms with van der Waals surface area (Å²) in [6.07, 6.45) is 1.93. The summed E-state index contributed by atoms with van der Waals surface area (Å²) < 4.78 is 4.75. The highest BCUT2D eigenvalue weighted by Gasteiger charge is 2.30. The van der Waals surface area contributed by atoms with E-state index in [0.717, 1.165) is 18.4 Å². The zero-order chi connectivity index (χ0) is 10.8. The smallest absolute Gasteiger partial charge is 0.338 e. The predicted octanol–water partition coefficient (Wildman–Crippen LogP) is 2.10. The van der Waals surface area contributed by atoms with Gasteiger partial charge < -0.3 is 10.5 Å². The first-order chi connectivity index (χ1) is 7.22. The molecule has 0 unspecified atom stereocenters. The van der Waals surface area contributed by atoms with E-state index in [0.29, 0.717) is 17.5 Å². The number of benzene rings is 1. The van der Waals surface area contributed by atoms with Crippen molar-refractivity contribution in [3.8, 4) is 0 Å². The Morgan fingerprint density at radius 3 is 2.56 bits per heavy atom. The third-order valence-corrected chi connectivity index (χ3v) is 2.98. The van der Waals surface area contributed by atoms with Crippen LogP contribution in [0.25, 0.3) is 0 Å². The Labute approximate surface area is 101 Å². The summed E-state index contributed by atoms with van der Waals surface area (Å²) in [6.45, 7) is 0. The molecule has 2 N–H and O–H groups in total. The van der Waals surface area contributed by atoms with Gasteiger partial charge >= 0.3 is 5.97 Å². The Morgan fingerprint density at radius 1 is 1.38 bits per heavy atom. The molecule has 0 aromatic heterocycles. The van der Waals surface area contributed by atoms with E-state index in [2.05, 4.69) is 0 Å². The maximum atomic E-state index is 11.5. The van der Waals surface area contributed by atoms with E-state index < -0.39 is 0 Å². The van der Waals surface area contributed by atoms with Crippen molar-refractivity contribution < 1.29 is 9.53 Å². The molecule has 0 spiro atoms. The van der Waals surface area contributed by atoms with E-state index in [1.807, 2.05) is 24.3 Å². The van der Waals surface area contributed by atoms with Crippen LogP contribution in [0.4, 0.5) is 0 Å². The fourth-order valence-corrected chi connectivity index (χ4v) is 2.06. The van der Waals surface area contributed by atoms with Crippen molar-refractivity contribution in [1.82, 2.24) is 0 Å². The molecule has 2 rings (SSSR count). The van der Waals surface area contributed by atoms with Crippen molar-refractivity contribution >= 4 is 18.4 Å². The molecular formula is C12H16ClNO2. The largest absolute Gasteiger partial charge is 0.465 e. The second-order valence-electron chi connectivity index (χ2n) is 4.01. The molecule has 1 saturated carbocycles. The fourth-order valence-electron chi connectivity index (χ4n) is 2.06. The number of carbonyl (C=O) groups is 1. The summed E-state index contributed by atoms with van der Waals surface area (Å²) in [5, 5.41) is 0. The van der Waals surface area contributed by atoms with Crippen LogP contribution in [0.2, 0.25) is 0 Å². The monoisotopic (exact) mass is 241 g/mol. The number of hydrogen-bond acceptors (Lipinski definition) is 3. The lowest BCUT2D eigenvalue weighted by Crippen LogP contribution is -2.35. The normalized spacial score (nSPS) is 22.9. The van der Waals surface area contributed by atoms with Crippen LogP contribution in [0.15, 0.2) is 24.3 Å². The van der Waals surface area contributed by atoms with Gasteiger partial charge in [-0.1, -0.05) is 18.2 Å². The maximum absolute atomic E-state index is 11.5. The van der Waals surface area contributed by atoms with Crippen LogP contribution in [0, 0.1) is 0 Å². The number of hydrogen-bond donors (Lipinski definition) is 1. The summed E-state index contributed by atoms with van der Waals surface area (Å²) in [7, 11) is 1.41. The average Bonchev–Trinajstić information content (AvgIpc) is 2.24. The van der Waals surface area contributed by atoms with Gasteiger partial charge in [0.05, 0.1) is 12.7 Å². The molecule has 1 aromatic carbocycles. The Balaban J connectivity index is 0.00000128. The zero-order valence-corrected chi connectivity index (χ0v) is 10.00. The van der Waals surface area contributed by atoms with Crippen LogP contribution in [-0.4, -0.2) is 19.1 Å². The van der Waals surface area contributed by atoms with Gasteiger partial charge in [-0.3, -0.25) is 0 Å². The second-order valence-corrected chi connectivity index (χ2v) is 4.01. The molecule has 1 aliphatic rings. The van der Waals surface area contributed by atoms with E-state index in [4.69, 9.17) is 10.5 Å². The summed E-state index contributed by atoms with van der Waals surface area (Å²) in [4.78, 5) is 11.5. The van der Waals surface area contributed by atoms with Crippen molar-refractivity contribution in [2.45, 2.75) is 24.8 Å². The standard InChI is InChI=1S/C12H15NO2.ClH/c1-15-12(14)11-5-3-2-4-10(11)8-6-9(13)7-8;/h2-5,8-9H,6-7,13H2,1H3;1H. The van der Waals surface area contributed by atoms with Crippen LogP contribution in [0.3, 0.4) is 0 Å². The van der Waals surface area contributed by atoms with Crippen LogP contribution in [-0.2, 0) is 4.74 Å². The summed E-state index contributed by atoms with van der Waals surface area (Å²) in [6, 6.07) is 7.90. The third-order valence-electron chi connectivity index (χ3n) is 2.98. The second kappa shape index (κ2) is 5.32. The molecule has 1 fully saturated rings. The van der Waals surface area contributed by atoms with Gasteiger partial charge in [-0.2, -0.15) is 0 Å². The van der Waals surface area contributed by atoms with Gasteiger partial charge in [0, 0.05) is 6.04 Å². The molecule has 16 heavy (non-hydrogen) atoms. The van der Waals surface area contributed by atoms with Gasteiger partial charge in [-0.25, -0.2) is 4.79 Å². The van der Waals surface area contributed by atoms with Crippen LogP contribution < -0.4 is 5.73 Å². The van der Waals surface area contributed by atoms with E-state index in [1.54, 1.807) is 0 Å². The minimum absolute atomic E-state index is 0. The highest BCUT2D eigenvalue weighted by molar-refractivity contribution is 5.91. The number of nitrogens with two attached hydrogens (primary N) is 1. The molecular weight excluding hydrogens is 226 g/mol. The lowest BCUT2D eigenvalue weighted by Gasteiger charge is -2.33. The molecule has 1 aromatic rings. The number of methoxy groups -OCH3 is 1. The van der Waals surface area contributed by atoms with E-state index in [-0.39, 0.29) is 18.4 Å². The highest BCUT2D eigenvalue weighted by atomic mass is 35.5. The number of halogens is 1. The number of ether oxygens (including phenoxy) is 1. The van der Waals surface area contributed by atoms with Crippen LogP contribution >= 0.6 is 12.4 Å². The molecule has 0 aliphatic heterocycles. The van der Waals surface area contributed by atoms with Crippen LogP contribution in [0.1, 0.15) is 34.7 Å². The average molecular weight is 242 g/mol. The van der Waals surface area contributed by atoms with Gasteiger partial charge in [0.25, 0.3) is 0 Å². The molecule has 1 aliphatic carbocycles. The Bertz CT molecular complexity index is 375. The van der Waals surface area contributed by atoms with Crippen molar-refractivity contribution in [3.63, 3.8) is 0 Å². The number of rotatable bonds is 2. The topological polar surface area (TPSA) is 52.3 Å². The molecule has 4 heteroatoms. The minimum atomic E-state index is -0.258. The van der Waals surface area contributed by atoms with Crippen molar-refractivity contribution in [3.05, 3.63) is 35.4 Å². The third kappa shape index (κ3) is 2.36. The van der Waals surface area contributed by atoms with Gasteiger partial charge in [0.1, 0.15) is 0 Å². The van der Waals surface area contributed by atoms with Gasteiger partial charge in [-0.05, 0) is 30.4 Å². The van der Waals surface area contributed by atoms with Crippen molar-refractivity contribution in [1.29, 1.82) is 0 Å². The van der Waals surface area contributed by atoms with E-state index >= 15 is 0 Å². The summed E-state index contributed by atoms with van der Waals surface area (Å²) >= 11 is 0. The maximum Gasteiger partial charge on any atom is 0.338 e. The van der Waals surface area contributed by atoms with E-state index in [1.165, 1.54) is 7.11 Å². The van der Waals surface area contributed by atoms with E-state index in [9.17, 15) is 4.79 Å². The van der Waals surface area contributed by atoms with Crippen molar-refractivity contribution in [2.24, 2.45) is 5.73 Å². The fraction of sp³-hybridized carbons (Fsp3) is 0.417. The molecule has 88 valence electrons. The molecule has 0 amide bonds. The Kier molecular flexibility index (Phi) is 4.33. The molecule has 0 atom stereocenters. The highest BCUT2D eigenvalue weighted by Crippen LogP contribution is 2.37. The van der Waals surface area contributed by atoms with Gasteiger partial charge in [0.2, 0.25) is 0 Å². The predicted molar refractivity (Wildman–Crippen MR) is 65.0 cm³/mol. The molecule has 0 bridgehead atoms. The Hall–Kier alpha value is -1.06. The molecule has 0 heterocycles.